The van der Waals surface area contributed by atoms with Crippen molar-refractivity contribution in [2.24, 2.45) is 0 Å². The maximum atomic E-state index is 12.6. The van der Waals surface area contributed by atoms with Crippen LogP contribution in [-0.4, -0.2) is 76.2 Å². The number of benzene rings is 2. The Morgan fingerprint density at radius 3 is 2.10 bits per heavy atom. The van der Waals surface area contributed by atoms with Crippen LogP contribution in [0.5, 0.6) is 5.75 Å². The topological polar surface area (TPSA) is 110 Å². The Labute approximate surface area is 241 Å². The Bertz CT molecular complexity index is 1340. The van der Waals surface area contributed by atoms with Gasteiger partial charge in [0.25, 0.3) is 5.91 Å². The molecule has 6 rings (SSSR count). The van der Waals surface area contributed by atoms with Crippen molar-refractivity contribution in [2.75, 3.05) is 59.7 Å². The van der Waals surface area contributed by atoms with E-state index in [9.17, 15) is 9.90 Å². The van der Waals surface area contributed by atoms with E-state index >= 15 is 0 Å². The third kappa shape index (κ3) is 6.53. The van der Waals surface area contributed by atoms with E-state index in [1.807, 2.05) is 19.1 Å². The first-order chi connectivity index (χ1) is 20.0. The van der Waals surface area contributed by atoms with Crippen LogP contribution >= 0.6 is 0 Å². The van der Waals surface area contributed by atoms with Gasteiger partial charge >= 0.3 is 0 Å². The molecular formula is C31H40N8O2. The molecule has 3 N–H and O–H groups in total. The first-order valence-electron chi connectivity index (χ1n) is 15.0. The van der Waals surface area contributed by atoms with E-state index in [2.05, 4.69) is 25.3 Å². The minimum Gasteiger partial charge on any atom is -0.506 e. The van der Waals surface area contributed by atoms with Crippen molar-refractivity contribution >= 4 is 35.1 Å². The van der Waals surface area contributed by atoms with Crippen LogP contribution in [-0.2, 0) is 0 Å². The van der Waals surface area contributed by atoms with Crippen molar-refractivity contribution in [2.45, 2.75) is 57.9 Å². The van der Waals surface area contributed by atoms with Crippen LogP contribution in [0.25, 0.3) is 0 Å². The predicted octanol–water partition coefficient (Wildman–Crippen LogP) is 4.94. The average Bonchev–Trinajstić information content (AvgIpc) is 3.55. The van der Waals surface area contributed by atoms with E-state index < -0.39 is 0 Å². The monoisotopic (exact) mass is 556 g/mol. The minimum absolute atomic E-state index is 0.0371. The van der Waals surface area contributed by atoms with Crippen molar-refractivity contribution in [3.8, 4) is 5.75 Å². The first kappa shape index (κ1) is 27.3. The smallest absolute Gasteiger partial charge is 0.255 e. The number of hydrogen-bond acceptors (Lipinski definition) is 9. The van der Waals surface area contributed by atoms with Gasteiger partial charge in [0.1, 0.15) is 5.75 Å². The highest BCUT2D eigenvalue weighted by atomic mass is 16.3. The highest BCUT2D eigenvalue weighted by Gasteiger charge is 2.28. The number of phenols is 1. The van der Waals surface area contributed by atoms with Crippen LogP contribution in [0.2, 0.25) is 0 Å². The number of amides is 1. The zero-order chi connectivity index (χ0) is 28.2. The maximum Gasteiger partial charge on any atom is 0.255 e. The summed E-state index contributed by atoms with van der Waals surface area (Å²) in [6.07, 6.45) is 8.38. The van der Waals surface area contributed by atoms with Gasteiger partial charge < -0.3 is 30.4 Å². The van der Waals surface area contributed by atoms with Crippen LogP contribution in [0.4, 0.5) is 29.2 Å². The number of anilines is 5. The van der Waals surface area contributed by atoms with Crippen molar-refractivity contribution in [3.05, 3.63) is 53.6 Å². The number of likely N-dealkylation sites (tertiary alicyclic amines) is 1. The maximum absolute atomic E-state index is 12.6. The van der Waals surface area contributed by atoms with Gasteiger partial charge in [-0.1, -0.05) is 17.7 Å². The highest BCUT2D eigenvalue weighted by molar-refractivity contribution is 6.05. The summed E-state index contributed by atoms with van der Waals surface area (Å²) in [5.41, 5.74) is 2.58. The summed E-state index contributed by atoms with van der Waals surface area (Å²) >= 11 is 0. The number of phenolic OH excluding ortho intramolecular Hbond substituents is 1. The zero-order valence-corrected chi connectivity index (χ0v) is 23.8. The number of piperidine rings is 2. The molecule has 1 amide bonds. The lowest BCUT2D eigenvalue weighted by Gasteiger charge is -2.37. The van der Waals surface area contributed by atoms with Gasteiger partial charge in [0.05, 0.1) is 5.69 Å². The van der Waals surface area contributed by atoms with Crippen LogP contribution < -0.4 is 20.4 Å². The molecule has 3 fully saturated rings. The number of aryl methyl sites for hydroxylation is 1. The third-order valence-corrected chi connectivity index (χ3v) is 8.47. The molecule has 0 atom stereocenters. The normalized spacial score (nSPS) is 18.5. The fourth-order valence-corrected chi connectivity index (χ4v) is 6.07. The van der Waals surface area contributed by atoms with E-state index in [-0.39, 0.29) is 11.7 Å². The Hall–Kier alpha value is -3.92. The molecule has 3 aromatic rings. The highest BCUT2D eigenvalue weighted by Crippen LogP contribution is 2.30. The largest absolute Gasteiger partial charge is 0.506 e. The van der Waals surface area contributed by atoms with Gasteiger partial charge in [-0.25, -0.2) is 0 Å². The van der Waals surface area contributed by atoms with Gasteiger partial charge in [-0.15, -0.1) is 0 Å². The fraction of sp³-hybridized carbons (Fsp3) is 0.484. The molecule has 1 aromatic heterocycles. The molecule has 2 aromatic carbocycles. The number of aromatic hydroxyl groups is 1. The van der Waals surface area contributed by atoms with Crippen LogP contribution in [0.15, 0.2) is 42.5 Å². The number of hydrogen-bond donors (Lipinski definition) is 3. The van der Waals surface area contributed by atoms with Gasteiger partial charge in [-0.05, 0) is 89.2 Å². The van der Waals surface area contributed by atoms with E-state index in [0.717, 1.165) is 57.4 Å². The molecule has 4 heterocycles. The summed E-state index contributed by atoms with van der Waals surface area (Å²) in [6, 6.07) is 13.0. The Kier molecular flexibility index (Phi) is 8.18. The molecule has 10 heteroatoms. The number of carbonyl (C=O) groups is 1. The molecule has 0 radical (unpaired) electrons. The number of aromatic nitrogens is 3. The Morgan fingerprint density at radius 1 is 0.805 bits per heavy atom. The molecule has 3 saturated heterocycles. The number of nitrogens with one attached hydrogen (secondary N) is 2. The van der Waals surface area contributed by atoms with Crippen molar-refractivity contribution in [1.82, 2.24) is 19.9 Å². The summed E-state index contributed by atoms with van der Waals surface area (Å²) in [4.78, 5) is 34.3. The molecular weight excluding hydrogens is 516 g/mol. The average molecular weight is 557 g/mol. The second-order valence-corrected chi connectivity index (χ2v) is 11.4. The molecule has 3 aliphatic heterocycles. The molecule has 10 nitrogen and oxygen atoms in total. The first-order valence-corrected chi connectivity index (χ1v) is 15.0. The summed E-state index contributed by atoms with van der Waals surface area (Å²) in [5.74, 6) is 1.54. The second-order valence-electron chi connectivity index (χ2n) is 11.4. The molecule has 0 bridgehead atoms. The molecule has 0 spiro atoms. The molecule has 0 aliphatic carbocycles. The zero-order valence-electron chi connectivity index (χ0n) is 23.8. The summed E-state index contributed by atoms with van der Waals surface area (Å²) in [6.45, 7) is 8.17. The molecule has 0 saturated carbocycles. The van der Waals surface area contributed by atoms with Crippen LogP contribution in [0, 0.1) is 6.92 Å². The Morgan fingerprint density at radius 2 is 1.44 bits per heavy atom. The van der Waals surface area contributed by atoms with E-state index in [4.69, 9.17) is 15.0 Å². The molecule has 216 valence electrons. The second kappa shape index (κ2) is 12.3. The SMILES string of the molecule is Cc1ccc(C(=O)Nc2ccc(Nc3nc(N4CCCCC4)nc(N4CCC(N5CCCC5)CC4)n3)cc2O)cc1. The minimum atomic E-state index is -0.275. The van der Waals surface area contributed by atoms with E-state index in [1.54, 1.807) is 30.3 Å². The molecule has 3 aliphatic rings. The van der Waals surface area contributed by atoms with Crippen molar-refractivity contribution in [3.63, 3.8) is 0 Å². The number of rotatable bonds is 7. The van der Waals surface area contributed by atoms with E-state index in [0.29, 0.717) is 40.8 Å². The van der Waals surface area contributed by atoms with Gasteiger partial charge in [0.15, 0.2) is 0 Å². The quantitative estimate of drug-likeness (QED) is 0.349. The van der Waals surface area contributed by atoms with Gasteiger partial charge in [0.2, 0.25) is 17.8 Å². The van der Waals surface area contributed by atoms with Gasteiger partial charge in [-0.3, -0.25) is 4.79 Å². The fourth-order valence-electron chi connectivity index (χ4n) is 6.07. The standard InChI is InChI=1S/C31H40N8O2/c1-22-7-9-23(10-8-22)28(41)33-26-12-11-24(21-27(26)40)32-29-34-30(38-17-3-2-4-18-38)36-31(35-29)39-19-13-25(14-20-39)37-15-5-6-16-37/h7-12,21,25,40H,2-6,13-20H2,1H3,(H,33,41)(H,32,34,35,36). The lowest BCUT2D eigenvalue weighted by molar-refractivity contribution is 0.102. The van der Waals surface area contributed by atoms with Crippen molar-refractivity contribution < 1.29 is 9.90 Å². The molecule has 41 heavy (non-hydrogen) atoms. The lowest BCUT2D eigenvalue weighted by atomic mass is 10.0. The number of nitrogens with zero attached hydrogens (tertiary/aromatic N) is 6. The summed E-state index contributed by atoms with van der Waals surface area (Å²) in [5, 5.41) is 16.8. The summed E-state index contributed by atoms with van der Waals surface area (Å²) < 4.78 is 0. The van der Waals surface area contributed by atoms with Gasteiger partial charge in [-0.2, -0.15) is 15.0 Å². The third-order valence-electron chi connectivity index (χ3n) is 8.47. The number of carbonyl (C=O) groups excluding carboxylic acids is 1. The summed E-state index contributed by atoms with van der Waals surface area (Å²) in [7, 11) is 0. The van der Waals surface area contributed by atoms with Crippen molar-refractivity contribution in [1.29, 1.82) is 0 Å². The lowest BCUT2D eigenvalue weighted by Crippen LogP contribution is -2.44. The Balaban J connectivity index is 1.18. The molecule has 0 unspecified atom stereocenters. The van der Waals surface area contributed by atoms with Gasteiger partial charge in [0, 0.05) is 49.5 Å². The predicted molar refractivity (Wildman–Crippen MR) is 162 cm³/mol. The van der Waals surface area contributed by atoms with E-state index in [1.165, 1.54) is 32.4 Å². The van der Waals surface area contributed by atoms with Crippen LogP contribution in [0.3, 0.4) is 0 Å². The van der Waals surface area contributed by atoms with Crippen LogP contribution in [0.1, 0.15) is 60.9 Å².